The summed E-state index contributed by atoms with van der Waals surface area (Å²) < 4.78 is 21.4. The second-order valence-corrected chi connectivity index (χ2v) is 7.98. The zero-order valence-electron chi connectivity index (χ0n) is 17.3. The molecule has 1 aliphatic heterocycles. The molecule has 5 rings (SSSR count). The number of amides is 1. The second-order valence-electron chi connectivity index (χ2n) is 6.98. The van der Waals surface area contributed by atoms with Crippen molar-refractivity contribution in [3.63, 3.8) is 0 Å². The lowest BCUT2D eigenvalue weighted by Gasteiger charge is -2.11. The molecule has 162 valence electrons. The summed E-state index contributed by atoms with van der Waals surface area (Å²) in [7, 11) is 3.09. The Balaban J connectivity index is 1.46. The lowest BCUT2D eigenvalue weighted by Crippen LogP contribution is -2.12. The number of pyridine rings is 1. The maximum atomic E-state index is 13.0. The number of carbonyl (C=O) groups excluding carboxylic acids is 1. The van der Waals surface area contributed by atoms with E-state index >= 15 is 0 Å². The first-order valence-electron chi connectivity index (χ1n) is 9.70. The number of nitrogens with one attached hydrogen (secondary N) is 1. The zero-order valence-corrected chi connectivity index (χ0v) is 18.1. The van der Waals surface area contributed by atoms with Crippen molar-refractivity contribution in [3.8, 4) is 34.3 Å². The Morgan fingerprint density at radius 2 is 1.91 bits per heavy atom. The van der Waals surface area contributed by atoms with Gasteiger partial charge in [0.1, 0.15) is 21.2 Å². The molecule has 0 unspecified atom stereocenters. The van der Waals surface area contributed by atoms with Gasteiger partial charge in [0.05, 0.1) is 31.3 Å². The second kappa shape index (κ2) is 7.93. The first-order chi connectivity index (χ1) is 15.6. The van der Waals surface area contributed by atoms with Crippen molar-refractivity contribution in [2.24, 2.45) is 0 Å². The summed E-state index contributed by atoms with van der Waals surface area (Å²) in [4.78, 5) is 18.8. The van der Waals surface area contributed by atoms with Crippen molar-refractivity contribution in [3.05, 3.63) is 53.4 Å². The maximum absolute atomic E-state index is 13.0. The number of hydrogen-bond donors (Lipinski definition) is 2. The lowest BCUT2D eigenvalue weighted by atomic mass is 10.1. The predicted octanol–water partition coefficient (Wildman–Crippen LogP) is 4.54. The van der Waals surface area contributed by atoms with Crippen LogP contribution in [0.1, 0.15) is 9.67 Å². The molecule has 0 bridgehead atoms. The van der Waals surface area contributed by atoms with Crippen molar-refractivity contribution >= 4 is 38.8 Å². The first-order valence-corrected chi connectivity index (χ1v) is 10.5. The molecule has 0 aliphatic carbocycles. The Morgan fingerprint density at radius 1 is 1.06 bits per heavy atom. The highest BCUT2D eigenvalue weighted by Gasteiger charge is 2.20. The number of ether oxygens (including phenoxy) is 4. The SMILES string of the molecule is COc1ccc(NC(=O)c2sc3nc(-c4ccc5c(c4)OCO5)ccc3c2N)c(OC)c1. The molecular weight excluding hydrogens is 430 g/mol. The van der Waals surface area contributed by atoms with Crippen molar-refractivity contribution < 1.29 is 23.7 Å². The van der Waals surface area contributed by atoms with E-state index in [9.17, 15) is 4.79 Å². The van der Waals surface area contributed by atoms with Crippen LogP contribution in [-0.4, -0.2) is 31.9 Å². The fraction of sp³-hybridized carbons (Fsp3) is 0.130. The van der Waals surface area contributed by atoms with Gasteiger partial charge in [-0.25, -0.2) is 4.98 Å². The number of benzene rings is 2. The van der Waals surface area contributed by atoms with E-state index in [-0.39, 0.29) is 12.7 Å². The van der Waals surface area contributed by atoms with Gasteiger partial charge in [0, 0.05) is 17.0 Å². The highest BCUT2D eigenvalue weighted by Crippen LogP contribution is 2.38. The lowest BCUT2D eigenvalue weighted by molar-refractivity contribution is 0.103. The number of hydrogen-bond acceptors (Lipinski definition) is 8. The van der Waals surface area contributed by atoms with E-state index in [4.69, 9.17) is 29.7 Å². The van der Waals surface area contributed by atoms with Crippen LogP contribution in [0.5, 0.6) is 23.0 Å². The summed E-state index contributed by atoms with van der Waals surface area (Å²) >= 11 is 1.24. The molecule has 1 amide bonds. The molecule has 1 aliphatic rings. The van der Waals surface area contributed by atoms with E-state index in [0.717, 1.165) is 16.6 Å². The third kappa shape index (κ3) is 3.42. The summed E-state index contributed by atoms with van der Waals surface area (Å²) in [5.41, 5.74) is 8.84. The molecule has 0 spiro atoms. The van der Waals surface area contributed by atoms with Crippen LogP contribution in [0.25, 0.3) is 21.5 Å². The predicted molar refractivity (Wildman–Crippen MR) is 123 cm³/mol. The largest absolute Gasteiger partial charge is 0.497 e. The average molecular weight is 449 g/mol. The first kappa shape index (κ1) is 20.0. The molecule has 0 saturated heterocycles. The standard InChI is InChI=1S/C23H19N3O5S/c1-28-13-4-6-16(18(10-13)29-2)25-22(27)21-20(24)14-5-7-15(26-23(14)32-21)12-3-8-17-19(9-12)31-11-30-17/h3-10H,11,24H2,1-2H3,(H,25,27). The van der Waals surface area contributed by atoms with Crippen molar-refractivity contribution in [2.45, 2.75) is 0 Å². The van der Waals surface area contributed by atoms with Gasteiger partial charge in [0.15, 0.2) is 11.5 Å². The molecule has 32 heavy (non-hydrogen) atoms. The Morgan fingerprint density at radius 3 is 2.72 bits per heavy atom. The normalized spacial score (nSPS) is 12.1. The molecular formula is C23H19N3O5S. The minimum absolute atomic E-state index is 0.212. The number of rotatable bonds is 5. The molecule has 3 heterocycles. The maximum Gasteiger partial charge on any atom is 0.268 e. The van der Waals surface area contributed by atoms with E-state index < -0.39 is 0 Å². The van der Waals surface area contributed by atoms with Gasteiger partial charge in [0.2, 0.25) is 6.79 Å². The molecule has 3 N–H and O–H groups in total. The van der Waals surface area contributed by atoms with Crippen LogP contribution in [0.15, 0.2) is 48.5 Å². The molecule has 0 saturated carbocycles. The van der Waals surface area contributed by atoms with Gasteiger partial charge in [-0.3, -0.25) is 4.79 Å². The fourth-order valence-electron chi connectivity index (χ4n) is 3.46. The minimum Gasteiger partial charge on any atom is -0.497 e. The van der Waals surface area contributed by atoms with Gasteiger partial charge in [-0.05, 0) is 42.5 Å². The highest BCUT2D eigenvalue weighted by atomic mass is 32.1. The van der Waals surface area contributed by atoms with Crippen molar-refractivity contribution in [1.82, 2.24) is 4.98 Å². The Hall–Kier alpha value is -3.98. The van der Waals surface area contributed by atoms with Crippen LogP contribution < -0.4 is 30.0 Å². The van der Waals surface area contributed by atoms with Gasteiger partial charge >= 0.3 is 0 Å². The number of nitrogens with zero attached hydrogens (tertiary/aromatic N) is 1. The van der Waals surface area contributed by atoms with Crippen LogP contribution in [0.2, 0.25) is 0 Å². The summed E-state index contributed by atoms with van der Waals surface area (Å²) in [6, 6.07) is 14.6. The molecule has 4 aromatic rings. The van der Waals surface area contributed by atoms with Crippen LogP contribution in [-0.2, 0) is 0 Å². The van der Waals surface area contributed by atoms with E-state index in [0.29, 0.717) is 44.1 Å². The molecule has 0 atom stereocenters. The van der Waals surface area contributed by atoms with Crippen LogP contribution in [0, 0.1) is 0 Å². The van der Waals surface area contributed by atoms with E-state index in [1.165, 1.54) is 18.4 Å². The summed E-state index contributed by atoms with van der Waals surface area (Å²) in [5.74, 6) is 2.17. The number of nitrogen functional groups attached to an aromatic ring is 1. The summed E-state index contributed by atoms with van der Waals surface area (Å²) in [6.45, 7) is 0.212. The zero-order chi connectivity index (χ0) is 22.2. The fourth-order valence-corrected chi connectivity index (χ4v) is 4.45. The quantitative estimate of drug-likeness (QED) is 0.461. The number of anilines is 2. The van der Waals surface area contributed by atoms with Gasteiger partial charge < -0.3 is 30.0 Å². The highest BCUT2D eigenvalue weighted by molar-refractivity contribution is 7.21. The molecule has 9 heteroatoms. The molecule has 0 radical (unpaired) electrons. The van der Waals surface area contributed by atoms with Gasteiger partial charge in [0.25, 0.3) is 5.91 Å². The number of nitrogens with two attached hydrogens (primary N) is 1. The third-order valence-corrected chi connectivity index (χ3v) is 6.24. The van der Waals surface area contributed by atoms with Crippen molar-refractivity contribution in [2.75, 3.05) is 32.1 Å². The Kier molecular flexibility index (Phi) is 4.95. The van der Waals surface area contributed by atoms with Crippen LogP contribution in [0.4, 0.5) is 11.4 Å². The Bertz CT molecular complexity index is 1350. The van der Waals surface area contributed by atoms with Gasteiger partial charge in [-0.15, -0.1) is 11.3 Å². The monoisotopic (exact) mass is 449 g/mol. The van der Waals surface area contributed by atoms with E-state index in [1.54, 1.807) is 25.3 Å². The number of aromatic nitrogens is 1. The molecule has 0 fully saturated rings. The topological polar surface area (TPSA) is 105 Å². The average Bonchev–Trinajstić information content (AvgIpc) is 3.42. The number of methoxy groups -OCH3 is 2. The smallest absolute Gasteiger partial charge is 0.268 e. The van der Waals surface area contributed by atoms with Gasteiger partial charge in [-0.2, -0.15) is 0 Å². The third-order valence-electron chi connectivity index (χ3n) is 5.13. The van der Waals surface area contributed by atoms with Gasteiger partial charge in [-0.1, -0.05) is 0 Å². The number of fused-ring (bicyclic) bond motifs is 2. The number of thiophene rings is 1. The summed E-state index contributed by atoms with van der Waals surface area (Å²) in [5, 5.41) is 3.59. The molecule has 2 aromatic heterocycles. The van der Waals surface area contributed by atoms with Crippen molar-refractivity contribution in [1.29, 1.82) is 0 Å². The van der Waals surface area contributed by atoms with Crippen LogP contribution in [0.3, 0.4) is 0 Å². The van der Waals surface area contributed by atoms with Crippen LogP contribution >= 0.6 is 11.3 Å². The minimum atomic E-state index is -0.335. The summed E-state index contributed by atoms with van der Waals surface area (Å²) in [6.07, 6.45) is 0. The molecule has 2 aromatic carbocycles. The van der Waals surface area contributed by atoms with E-state index in [2.05, 4.69) is 5.32 Å². The Labute approximate surface area is 187 Å². The number of carbonyl (C=O) groups is 1. The molecule has 8 nitrogen and oxygen atoms in total. The van der Waals surface area contributed by atoms with E-state index in [1.807, 2.05) is 30.3 Å².